The van der Waals surface area contributed by atoms with Gasteiger partial charge in [-0.1, -0.05) is 18.2 Å². The number of nitrogens with one attached hydrogen (secondary N) is 1. The summed E-state index contributed by atoms with van der Waals surface area (Å²) in [5, 5.41) is 5.13. The summed E-state index contributed by atoms with van der Waals surface area (Å²) < 4.78 is 38.6. The van der Waals surface area contributed by atoms with Crippen molar-refractivity contribution < 1.29 is 13.2 Å². The Hall–Kier alpha value is -0.850. The van der Waals surface area contributed by atoms with Crippen LogP contribution in [0, 0.1) is 0 Å². The van der Waals surface area contributed by atoms with E-state index < -0.39 is 11.7 Å². The minimum absolute atomic E-state index is 0.414. The van der Waals surface area contributed by atoms with Crippen molar-refractivity contribution in [3.05, 3.63) is 56.2 Å². The predicted octanol–water partition coefficient (Wildman–Crippen LogP) is 4.82. The van der Waals surface area contributed by atoms with E-state index in [0.717, 1.165) is 15.4 Å². The molecule has 0 aliphatic rings. The molecule has 0 atom stereocenters. The van der Waals surface area contributed by atoms with Gasteiger partial charge in [0.1, 0.15) is 0 Å². The van der Waals surface area contributed by atoms with Gasteiger partial charge in [-0.2, -0.15) is 13.2 Å². The van der Waals surface area contributed by atoms with Gasteiger partial charge in [0.2, 0.25) is 0 Å². The molecule has 0 amide bonds. The molecular formula is C13H11BrF3NS. The molecular weight excluding hydrogens is 339 g/mol. The van der Waals surface area contributed by atoms with E-state index in [1.807, 2.05) is 11.4 Å². The molecule has 0 saturated heterocycles. The molecule has 102 valence electrons. The monoisotopic (exact) mass is 349 g/mol. The average molecular weight is 350 g/mol. The van der Waals surface area contributed by atoms with Crippen LogP contribution in [0.25, 0.3) is 0 Å². The molecule has 1 aromatic carbocycles. The minimum Gasteiger partial charge on any atom is -0.309 e. The Morgan fingerprint density at radius 3 is 2.47 bits per heavy atom. The van der Waals surface area contributed by atoms with Crippen molar-refractivity contribution in [3.8, 4) is 0 Å². The van der Waals surface area contributed by atoms with E-state index >= 15 is 0 Å². The molecule has 19 heavy (non-hydrogen) atoms. The summed E-state index contributed by atoms with van der Waals surface area (Å²) in [7, 11) is 0. The van der Waals surface area contributed by atoms with E-state index in [2.05, 4.69) is 21.2 Å². The van der Waals surface area contributed by atoms with Crippen molar-refractivity contribution in [3.63, 3.8) is 0 Å². The lowest BCUT2D eigenvalue weighted by Crippen LogP contribution is -2.13. The molecule has 6 heteroatoms. The lowest BCUT2D eigenvalue weighted by Gasteiger charge is -2.09. The Balaban J connectivity index is 1.93. The minimum atomic E-state index is -4.28. The zero-order chi connectivity index (χ0) is 13.9. The van der Waals surface area contributed by atoms with E-state index in [1.54, 1.807) is 17.4 Å². The summed E-state index contributed by atoms with van der Waals surface area (Å²) in [6.45, 7) is 1.05. The Bertz CT molecular complexity index is 551. The van der Waals surface area contributed by atoms with Gasteiger partial charge in [-0.3, -0.25) is 0 Å². The van der Waals surface area contributed by atoms with Crippen molar-refractivity contribution in [1.29, 1.82) is 0 Å². The van der Waals surface area contributed by atoms with Crippen LogP contribution in [0.4, 0.5) is 13.2 Å². The maximum Gasteiger partial charge on any atom is 0.416 e. The van der Waals surface area contributed by atoms with Crippen LogP contribution < -0.4 is 5.32 Å². The first-order valence-electron chi connectivity index (χ1n) is 5.55. The SMILES string of the molecule is FC(F)(F)c1cccc(CNCc2csc(Br)c2)c1. The molecule has 2 aromatic rings. The maximum atomic E-state index is 12.5. The number of hydrogen-bond donors (Lipinski definition) is 1. The van der Waals surface area contributed by atoms with Crippen LogP contribution in [-0.2, 0) is 19.3 Å². The maximum absolute atomic E-state index is 12.5. The summed E-state index contributed by atoms with van der Waals surface area (Å²) in [5.41, 5.74) is 1.14. The zero-order valence-electron chi connectivity index (χ0n) is 9.80. The Kier molecular flexibility index (Phi) is 4.65. The second-order valence-corrected chi connectivity index (χ2v) is 6.35. The molecule has 0 fully saturated rings. The Labute approximate surface area is 121 Å². The van der Waals surface area contributed by atoms with E-state index in [9.17, 15) is 13.2 Å². The van der Waals surface area contributed by atoms with Crippen LogP contribution in [-0.4, -0.2) is 0 Å². The summed E-state index contributed by atoms with van der Waals surface area (Å²) in [5.74, 6) is 0. The lowest BCUT2D eigenvalue weighted by molar-refractivity contribution is -0.137. The van der Waals surface area contributed by atoms with Gasteiger partial charge in [0, 0.05) is 13.1 Å². The van der Waals surface area contributed by atoms with Gasteiger partial charge in [0.15, 0.2) is 0 Å². The molecule has 0 unspecified atom stereocenters. The molecule has 1 heterocycles. The number of alkyl halides is 3. The normalized spacial score (nSPS) is 11.8. The number of thiophene rings is 1. The number of rotatable bonds is 4. The van der Waals surface area contributed by atoms with Gasteiger partial charge in [-0.25, -0.2) is 0 Å². The van der Waals surface area contributed by atoms with Crippen LogP contribution >= 0.6 is 27.3 Å². The van der Waals surface area contributed by atoms with Gasteiger partial charge in [0.25, 0.3) is 0 Å². The third kappa shape index (κ3) is 4.33. The number of benzene rings is 1. The van der Waals surface area contributed by atoms with Crippen molar-refractivity contribution >= 4 is 27.3 Å². The zero-order valence-corrected chi connectivity index (χ0v) is 12.2. The molecule has 0 aliphatic heterocycles. The van der Waals surface area contributed by atoms with Crippen LogP contribution in [0.5, 0.6) is 0 Å². The predicted molar refractivity (Wildman–Crippen MR) is 74.0 cm³/mol. The van der Waals surface area contributed by atoms with Gasteiger partial charge in [-0.15, -0.1) is 11.3 Å². The second kappa shape index (κ2) is 6.07. The second-order valence-electron chi connectivity index (χ2n) is 4.06. The fraction of sp³-hybridized carbons (Fsp3) is 0.231. The summed E-state index contributed by atoms with van der Waals surface area (Å²) in [6, 6.07) is 7.37. The highest BCUT2D eigenvalue weighted by molar-refractivity contribution is 9.11. The standard InChI is InChI=1S/C13H11BrF3NS/c14-12-5-10(8-19-12)7-18-6-9-2-1-3-11(4-9)13(15,16)17/h1-5,8,18H,6-7H2. The lowest BCUT2D eigenvalue weighted by atomic mass is 10.1. The molecule has 0 aliphatic carbocycles. The fourth-order valence-corrected chi connectivity index (χ4v) is 2.86. The van der Waals surface area contributed by atoms with Crippen LogP contribution in [0.2, 0.25) is 0 Å². The van der Waals surface area contributed by atoms with E-state index in [4.69, 9.17) is 0 Å². The molecule has 0 spiro atoms. The van der Waals surface area contributed by atoms with Gasteiger partial charge >= 0.3 is 6.18 Å². The Morgan fingerprint density at radius 2 is 1.84 bits per heavy atom. The molecule has 0 bridgehead atoms. The molecule has 2 rings (SSSR count). The third-order valence-electron chi connectivity index (χ3n) is 2.53. The Morgan fingerprint density at radius 1 is 1.11 bits per heavy atom. The molecule has 0 saturated carbocycles. The highest BCUT2D eigenvalue weighted by Gasteiger charge is 2.30. The average Bonchev–Trinajstić information content (AvgIpc) is 2.74. The topological polar surface area (TPSA) is 12.0 Å². The van der Waals surface area contributed by atoms with Gasteiger partial charge in [-0.05, 0) is 44.6 Å². The number of halogens is 4. The summed E-state index contributed by atoms with van der Waals surface area (Å²) >= 11 is 4.95. The first-order valence-corrected chi connectivity index (χ1v) is 7.22. The molecule has 0 radical (unpaired) electrons. The summed E-state index contributed by atoms with van der Waals surface area (Å²) in [4.78, 5) is 0. The van der Waals surface area contributed by atoms with Gasteiger partial charge in [0.05, 0.1) is 9.35 Å². The van der Waals surface area contributed by atoms with Crippen LogP contribution in [0.3, 0.4) is 0 Å². The smallest absolute Gasteiger partial charge is 0.309 e. The number of hydrogen-bond acceptors (Lipinski definition) is 2. The largest absolute Gasteiger partial charge is 0.416 e. The molecule has 1 aromatic heterocycles. The van der Waals surface area contributed by atoms with Crippen molar-refractivity contribution in [2.45, 2.75) is 19.3 Å². The van der Waals surface area contributed by atoms with Crippen LogP contribution in [0.1, 0.15) is 16.7 Å². The van der Waals surface area contributed by atoms with E-state index in [-0.39, 0.29) is 0 Å². The molecule has 1 nitrogen and oxygen atoms in total. The van der Waals surface area contributed by atoms with E-state index in [0.29, 0.717) is 18.7 Å². The third-order valence-corrected chi connectivity index (χ3v) is 4.09. The highest BCUT2D eigenvalue weighted by atomic mass is 79.9. The van der Waals surface area contributed by atoms with Gasteiger partial charge < -0.3 is 5.32 Å². The fourth-order valence-electron chi connectivity index (χ4n) is 1.65. The first-order chi connectivity index (χ1) is 8.95. The summed E-state index contributed by atoms with van der Waals surface area (Å²) in [6.07, 6.45) is -4.28. The van der Waals surface area contributed by atoms with Crippen LogP contribution in [0.15, 0.2) is 39.5 Å². The van der Waals surface area contributed by atoms with Crippen molar-refractivity contribution in [2.75, 3.05) is 0 Å². The van der Waals surface area contributed by atoms with Crippen molar-refractivity contribution in [2.24, 2.45) is 0 Å². The quantitative estimate of drug-likeness (QED) is 0.834. The van der Waals surface area contributed by atoms with E-state index in [1.165, 1.54) is 12.1 Å². The molecule has 1 N–H and O–H groups in total. The first kappa shape index (κ1) is 14.6. The van der Waals surface area contributed by atoms with Crippen molar-refractivity contribution in [1.82, 2.24) is 5.32 Å². The highest BCUT2D eigenvalue weighted by Crippen LogP contribution is 2.29.